The number of carbonyl (C=O) groups excluding carboxylic acids is 2. The van der Waals surface area contributed by atoms with Crippen LogP contribution in [0.1, 0.15) is 49.2 Å². The van der Waals surface area contributed by atoms with Gasteiger partial charge in [0.2, 0.25) is 5.76 Å². The molecule has 3 aromatic carbocycles. The second kappa shape index (κ2) is 8.47. The van der Waals surface area contributed by atoms with Crippen molar-refractivity contribution in [1.29, 1.82) is 0 Å². The van der Waals surface area contributed by atoms with E-state index in [0.717, 1.165) is 11.1 Å². The van der Waals surface area contributed by atoms with Gasteiger partial charge in [0, 0.05) is 11.6 Å². The van der Waals surface area contributed by atoms with Crippen molar-refractivity contribution in [3.8, 4) is 0 Å². The summed E-state index contributed by atoms with van der Waals surface area (Å²) in [5, 5.41) is 0.715. The standard InChI is InChI=1S/C27H20ClNO5/c1-15-3-5-16(6-4-15)14-29-23(17-7-9-18(10-8-17)27(32)33-2)22-24(30)20-13-19(28)11-12-21(20)34-25(22)26(29)31/h3-13,23H,14H2,1-2H3. The minimum absolute atomic E-state index is 0.0222. The number of benzene rings is 3. The van der Waals surface area contributed by atoms with E-state index in [2.05, 4.69) is 0 Å². The van der Waals surface area contributed by atoms with E-state index in [9.17, 15) is 14.4 Å². The molecule has 6 nitrogen and oxygen atoms in total. The van der Waals surface area contributed by atoms with Crippen LogP contribution < -0.4 is 5.43 Å². The van der Waals surface area contributed by atoms with Gasteiger partial charge in [0.05, 0.1) is 29.7 Å². The van der Waals surface area contributed by atoms with E-state index >= 15 is 0 Å². The number of methoxy groups -OCH3 is 1. The van der Waals surface area contributed by atoms with Crippen molar-refractivity contribution in [3.63, 3.8) is 0 Å². The van der Waals surface area contributed by atoms with Crippen LogP contribution in [-0.2, 0) is 11.3 Å². The Kier molecular flexibility index (Phi) is 5.46. The van der Waals surface area contributed by atoms with Gasteiger partial charge in [0.15, 0.2) is 5.43 Å². The maximum Gasteiger partial charge on any atom is 0.337 e. The molecule has 0 radical (unpaired) electrons. The van der Waals surface area contributed by atoms with E-state index in [-0.39, 0.29) is 29.2 Å². The van der Waals surface area contributed by atoms with E-state index in [1.165, 1.54) is 7.11 Å². The van der Waals surface area contributed by atoms with Crippen LogP contribution in [0.25, 0.3) is 11.0 Å². The third-order valence-corrected chi connectivity index (χ3v) is 6.28. The lowest BCUT2D eigenvalue weighted by Gasteiger charge is -2.25. The Labute approximate surface area is 200 Å². The Morgan fingerprint density at radius 2 is 1.74 bits per heavy atom. The molecular formula is C27H20ClNO5. The Morgan fingerprint density at radius 3 is 2.41 bits per heavy atom. The quantitative estimate of drug-likeness (QED) is 0.376. The highest BCUT2D eigenvalue weighted by atomic mass is 35.5. The van der Waals surface area contributed by atoms with E-state index in [1.54, 1.807) is 47.4 Å². The number of esters is 1. The van der Waals surface area contributed by atoms with Crippen LogP contribution in [-0.4, -0.2) is 23.9 Å². The second-order valence-electron chi connectivity index (χ2n) is 8.25. The summed E-state index contributed by atoms with van der Waals surface area (Å²) in [4.78, 5) is 40.6. The molecule has 1 atom stereocenters. The third-order valence-electron chi connectivity index (χ3n) is 6.05. The van der Waals surface area contributed by atoms with Crippen molar-refractivity contribution in [2.24, 2.45) is 0 Å². The summed E-state index contributed by atoms with van der Waals surface area (Å²) >= 11 is 6.13. The molecule has 0 saturated heterocycles. The molecule has 1 aromatic heterocycles. The van der Waals surface area contributed by atoms with Gasteiger partial charge < -0.3 is 14.1 Å². The molecule has 2 heterocycles. The fraction of sp³-hybridized carbons (Fsp3) is 0.148. The third kappa shape index (κ3) is 3.66. The topological polar surface area (TPSA) is 76.8 Å². The first-order valence-corrected chi connectivity index (χ1v) is 11.1. The first kappa shape index (κ1) is 21.9. The lowest BCUT2D eigenvalue weighted by molar-refractivity contribution is 0.0599. The molecule has 1 aliphatic heterocycles. The fourth-order valence-electron chi connectivity index (χ4n) is 4.31. The van der Waals surface area contributed by atoms with Gasteiger partial charge in [0.1, 0.15) is 5.58 Å². The fourth-order valence-corrected chi connectivity index (χ4v) is 4.48. The van der Waals surface area contributed by atoms with Gasteiger partial charge in [-0.2, -0.15) is 0 Å². The van der Waals surface area contributed by atoms with Gasteiger partial charge in [0.25, 0.3) is 5.91 Å². The average molecular weight is 474 g/mol. The number of amides is 1. The molecule has 7 heteroatoms. The van der Waals surface area contributed by atoms with E-state index in [4.69, 9.17) is 20.8 Å². The first-order chi connectivity index (χ1) is 16.4. The second-order valence-corrected chi connectivity index (χ2v) is 8.69. The summed E-state index contributed by atoms with van der Waals surface area (Å²) in [6.45, 7) is 2.27. The average Bonchev–Trinajstić information content (AvgIpc) is 3.12. The summed E-state index contributed by atoms with van der Waals surface area (Å²) in [6, 6.07) is 18.6. The monoisotopic (exact) mass is 473 g/mol. The minimum atomic E-state index is -0.685. The molecule has 0 aliphatic carbocycles. The van der Waals surface area contributed by atoms with Crippen molar-refractivity contribution < 1.29 is 18.7 Å². The molecule has 0 spiro atoms. The Balaban J connectivity index is 1.68. The van der Waals surface area contributed by atoms with Crippen LogP contribution >= 0.6 is 11.6 Å². The van der Waals surface area contributed by atoms with Crippen LogP contribution in [0, 0.1) is 6.92 Å². The van der Waals surface area contributed by atoms with Crippen molar-refractivity contribution in [1.82, 2.24) is 4.90 Å². The van der Waals surface area contributed by atoms with Crippen molar-refractivity contribution >= 4 is 34.4 Å². The number of halogens is 1. The number of rotatable bonds is 4. The number of hydrogen-bond donors (Lipinski definition) is 0. The van der Waals surface area contributed by atoms with Gasteiger partial charge in [-0.1, -0.05) is 53.6 Å². The van der Waals surface area contributed by atoms with Gasteiger partial charge in [-0.25, -0.2) is 4.79 Å². The predicted octanol–water partition coefficient (Wildman–Crippen LogP) is 5.29. The highest BCUT2D eigenvalue weighted by Crippen LogP contribution is 2.39. The van der Waals surface area contributed by atoms with Gasteiger partial charge >= 0.3 is 5.97 Å². The Morgan fingerprint density at radius 1 is 1.03 bits per heavy atom. The lowest BCUT2D eigenvalue weighted by atomic mass is 9.97. The predicted molar refractivity (Wildman–Crippen MR) is 128 cm³/mol. The first-order valence-electron chi connectivity index (χ1n) is 10.7. The summed E-state index contributed by atoms with van der Waals surface area (Å²) < 4.78 is 10.7. The maximum absolute atomic E-state index is 13.6. The van der Waals surface area contributed by atoms with Crippen molar-refractivity contribution in [2.75, 3.05) is 7.11 Å². The number of carbonyl (C=O) groups is 2. The summed E-state index contributed by atoms with van der Waals surface area (Å²) in [6.07, 6.45) is 0. The van der Waals surface area contributed by atoms with Crippen LogP contribution in [0.15, 0.2) is 75.9 Å². The molecule has 170 valence electrons. The number of aryl methyl sites for hydroxylation is 1. The zero-order chi connectivity index (χ0) is 24.0. The van der Waals surface area contributed by atoms with Crippen molar-refractivity contribution in [3.05, 3.63) is 116 Å². The molecule has 1 amide bonds. The summed E-state index contributed by atoms with van der Waals surface area (Å²) in [5.41, 5.74) is 3.34. The highest BCUT2D eigenvalue weighted by Gasteiger charge is 2.42. The van der Waals surface area contributed by atoms with Gasteiger partial charge in [-0.3, -0.25) is 9.59 Å². The molecule has 0 saturated carbocycles. The van der Waals surface area contributed by atoms with Crippen LogP contribution in [0.4, 0.5) is 0 Å². The largest absolute Gasteiger partial charge is 0.465 e. The molecule has 5 rings (SSSR count). The van der Waals surface area contributed by atoms with Crippen molar-refractivity contribution in [2.45, 2.75) is 19.5 Å². The molecule has 1 unspecified atom stereocenters. The van der Waals surface area contributed by atoms with E-state index in [1.807, 2.05) is 31.2 Å². The normalized spacial score (nSPS) is 15.0. The van der Waals surface area contributed by atoms with E-state index in [0.29, 0.717) is 27.1 Å². The molecule has 4 aromatic rings. The molecule has 34 heavy (non-hydrogen) atoms. The van der Waals surface area contributed by atoms with E-state index < -0.39 is 12.0 Å². The number of ether oxygens (including phenoxy) is 1. The molecule has 0 bridgehead atoms. The van der Waals surface area contributed by atoms with Gasteiger partial charge in [-0.05, 0) is 48.4 Å². The summed E-state index contributed by atoms with van der Waals surface area (Å²) in [5.74, 6) is -0.813. The minimum Gasteiger partial charge on any atom is -0.465 e. The molecular weight excluding hydrogens is 454 g/mol. The van der Waals surface area contributed by atoms with Crippen LogP contribution in [0.5, 0.6) is 0 Å². The zero-order valence-electron chi connectivity index (χ0n) is 18.5. The number of hydrogen-bond acceptors (Lipinski definition) is 5. The number of fused-ring (bicyclic) bond motifs is 2. The maximum atomic E-state index is 13.6. The highest BCUT2D eigenvalue weighted by molar-refractivity contribution is 6.31. The smallest absolute Gasteiger partial charge is 0.337 e. The van der Waals surface area contributed by atoms with Crippen LogP contribution in [0.3, 0.4) is 0 Å². The SMILES string of the molecule is COC(=O)c1ccc(C2c3c(oc4ccc(Cl)cc4c3=O)C(=O)N2Cc2ccc(C)cc2)cc1. The molecule has 1 aliphatic rings. The van der Waals surface area contributed by atoms with Gasteiger partial charge in [-0.15, -0.1) is 0 Å². The lowest BCUT2D eigenvalue weighted by Crippen LogP contribution is -2.29. The van der Waals surface area contributed by atoms with Crippen LogP contribution in [0.2, 0.25) is 5.02 Å². The Hall–Kier alpha value is -3.90. The molecule has 0 N–H and O–H groups in total. The Bertz CT molecular complexity index is 1490. The summed E-state index contributed by atoms with van der Waals surface area (Å²) in [7, 11) is 1.31. The number of nitrogens with zero attached hydrogens (tertiary/aromatic N) is 1. The zero-order valence-corrected chi connectivity index (χ0v) is 19.3. The molecule has 0 fully saturated rings.